The van der Waals surface area contributed by atoms with Gasteiger partial charge in [-0.2, -0.15) is 0 Å². The molecule has 12 heteroatoms. The van der Waals surface area contributed by atoms with Gasteiger partial charge in [0.2, 0.25) is 5.75 Å². The molecule has 36 heavy (non-hydrogen) atoms. The fraction of sp³-hybridized carbons (Fsp3) is 0.417. The molecule has 1 aromatic carbocycles. The van der Waals surface area contributed by atoms with E-state index < -0.39 is 23.2 Å². The van der Waals surface area contributed by atoms with Gasteiger partial charge in [-0.3, -0.25) is 4.79 Å². The Morgan fingerprint density at radius 1 is 1.22 bits per heavy atom. The smallest absolute Gasteiger partial charge is 0.504 e. The summed E-state index contributed by atoms with van der Waals surface area (Å²) in [7, 11) is 2.01. The van der Waals surface area contributed by atoms with Gasteiger partial charge in [0.25, 0.3) is 5.56 Å². The molecule has 196 valence electrons. The molecular formula is C24H30Cl2N4O6. The fourth-order valence-electron chi connectivity index (χ4n) is 4.89. The largest absolute Gasteiger partial charge is 0.511 e. The number of aromatic amines is 1. The van der Waals surface area contributed by atoms with Crippen LogP contribution in [0.15, 0.2) is 23.0 Å². The Bertz CT molecular complexity index is 1320. The lowest BCUT2D eigenvalue weighted by molar-refractivity contribution is 0.142. The van der Waals surface area contributed by atoms with Gasteiger partial charge in [-0.15, -0.1) is 24.8 Å². The maximum Gasteiger partial charge on any atom is 0.511 e. The van der Waals surface area contributed by atoms with E-state index in [9.17, 15) is 14.7 Å². The molecule has 4 N–H and O–H groups in total. The molecule has 3 aromatic rings. The topological polar surface area (TPSA) is 129 Å². The van der Waals surface area contributed by atoms with Crippen molar-refractivity contribution >= 4 is 41.9 Å². The van der Waals surface area contributed by atoms with E-state index in [1.807, 2.05) is 19.2 Å². The van der Waals surface area contributed by atoms with Crippen LogP contribution in [0.1, 0.15) is 24.1 Å². The number of nitrogens with one attached hydrogen (secondary N) is 2. The Labute approximate surface area is 220 Å². The molecule has 0 radical (unpaired) electrons. The number of hydrogen-bond acceptors (Lipinski definition) is 7. The van der Waals surface area contributed by atoms with Crippen molar-refractivity contribution in [2.24, 2.45) is 7.05 Å². The van der Waals surface area contributed by atoms with Crippen LogP contribution >= 0.6 is 24.8 Å². The summed E-state index contributed by atoms with van der Waals surface area (Å²) >= 11 is 0. The van der Waals surface area contributed by atoms with Gasteiger partial charge in [-0.25, -0.2) is 4.79 Å². The average molecular weight is 541 g/mol. The number of aromatic nitrogens is 2. The average Bonchev–Trinajstić information content (AvgIpc) is 3.38. The second-order valence-electron chi connectivity index (χ2n) is 8.78. The minimum atomic E-state index is -1.67. The first kappa shape index (κ1) is 27.7. The van der Waals surface area contributed by atoms with Crippen LogP contribution in [-0.4, -0.2) is 63.6 Å². The van der Waals surface area contributed by atoms with E-state index in [-0.39, 0.29) is 37.8 Å². The van der Waals surface area contributed by atoms with Crippen LogP contribution in [0.2, 0.25) is 0 Å². The fourth-order valence-corrected chi connectivity index (χ4v) is 4.89. The number of H-pyrrole nitrogens is 1. The van der Waals surface area contributed by atoms with Crippen molar-refractivity contribution in [2.75, 3.05) is 32.8 Å². The van der Waals surface area contributed by atoms with E-state index in [0.29, 0.717) is 22.6 Å². The van der Waals surface area contributed by atoms with Crippen molar-refractivity contribution in [3.05, 3.63) is 39.8 Å². The highest BCUT2D eigenvalue weighted by Crippen LogP contribution is 2.41. The molecule has 0 spiro atoms. The van der Waals surface area contributed by atoms with Gasteiger partial charge >= 0.3 is 6.16 Å². The van der Waals surface area contributed by atoms with Crippen LogP contribution in [0, 0.1) is 0 Å². The summed E-state index contributed by atoms with van der Waals surface area (Å²) < 4.78 is 12.6. The second-order valence-corrected chi connectivity index (χ2v) is 8.78. The second kappa shape index (κ2) is 11.4. The number of fused-ring (bicyclic) bond motifs is 4. The van der Waals surface area contributed by atoms with E-state index in [4.69, 9.17) is 9.84 Å². The third kappa shape index (κ3) is 5.27. The van der Waals surface area contributed by atoms with Crippen LogP contribution in [0.3, 0.4) is 0 Å². The highest BCUT2D eigenvalue weighted by atomic mass is 35.5. The zero-order valence-corrected chi connectivity index (χ0v) is 21.5. The molecule has 1 saturated heterocycles. The number of hydrogen-bond donors (Lipinski definition) is 4. The normalized spacial score (nSPS) is 14.7. The van der Waals surface area contributed by atoms with Crippen molar-refractivity contribution in [1.82, 2.24) is 19.8 Å². The zero-order chi connectivity index (χ0) is 23.8. The Morgan fingerprint density at radius 2 is 1.97 bits per heavy atom. The highest BCUT2D eigenvalue weighted by Gasteiger charge is 2.26. The Morgan fingerprint density at radius 3 is 2.69 bits per heavy atom. The number of nitrogens with zero attached hydrogens (tertiary/aromatic N) is 2. The van der Waals surface area contributed by atoms with E-state index in [2.05, 4.69) is 30.6 Å². The third-order valence-electron chi connectivity index (χ3n) is 6.67. The minimum Gasteiger partial charge on any atom is -0.504 e. The van der Waals surface area contributed by atoms with Gasteiger partial charge < -0.3 is 39.5 Å². The van der Waals surface area contributed by atoms with Crippen LogP contribution in [0.25, 0.3) is 22.2 Å². The molecule has 2 aromatic heterocycles. The standard InChI is InChI=1S/C24H28N4O6.2ClH/c1-27-15(13-25-5-8-28-6-2-3-7-28)10-14-11-17-19(12-18(14)27)33-9-4-16-20(17)26-23(30)22(21(16)29)34-24(31)32;;/h10-12,25H,2-9,13H2,1H3,(H,31,32)(H2,26,29,30);2*1H. The quantitative estimate of drug-likeness (QED) is 0.277. The highest BCUT2D eigenvalue weighted by molar-refractivity contribution is 5.90. The number of pyridine rings is 1. The van der Waals surface area contributed by atoms with Gasteiger partial charge in [0.15, 0.2) is 5.75 Å². The van der Waals surface area contributed by atoms with Crippen LogP contribution in [0.4, 0.5) is 4.79 Å². The lowest BCUT2D eigenvalue weighted by Gasteiger charge is -2.15. The number of benzene rings is 1. The molecule has 2 aliphatic rings. The number of carboxylic acid groups (broad SMARTS) is 1. The van der Waals surface area contributed by atoms with E-state index in [0.717, 1.165) is 36.2 Å². The molecule has 0 bridgehead atoms. The summed E-state index contributed by atoms with van der Waals surface area (Å²) in [6.07, 6.45) is 1.19. The summed E-state index contributed by atoms with van der Waals surface area (Å²) in [5.41, 5.74) is 2.72. The Kier molecular flexibility index (Phi) is 8.78. The van der Waals surface area contributed by atoms with Gasteiger partial charge in [0, 0.05) is 61.4 Å². The number of aryl methyl sites for hydroxylation is 1. The van der Waals surface area contributed by atoms with Crippen LogP contribution < -0.4 is 20.3 Å². The molecule has 0 saturated carbocycles. The number of ether oxygens (including phenoxy) is 2. The number of aromatic hydroxyl groups is 1. The maximum absolute atomic E-state index is 12.5. The summed E-state index contributed by atoms with van der Waals surface area (Å²) in [6.45, 7) is 5.33. The number of rotatable bonds is 6. The molecule has 2 aliphatic heterocycles. The molecule has 0 atom stereocenters. The molecular weight excluding hydrogens is 511 g/mol. The molecule has 10 nitrogen and oxygen atoms in total. The SMILES string of the molecule is Cl.Cl.Cn1c(CNCCN2CCCC2)cc2cc3c(cc21)OCCc1c-3[nH]c(=O)c(OC(=O)O)c1O. The van der Waals surface area contributed by atoms with E-state index in [1.165, 1.54) is 25.9 Å². The van der Waals surface area contributed by atoms with Gasteiger partial charge in [0.1, 0.15) is 5.75 Å². The van der Waals surface area contributed by atoms with Gasteiger partial charge in [0.05, 0.1) is 17.8 Å². The number of carbonyl (C=O) groups is 1. The molecule has 5 rings (SSSR count). The summed E-state index contributed by atoms with van der Waals surface area (Å²) in [6, 6.07) is 5.96. The first-order chi connectivity index (χ1) is 16.4. The lowest BCUT2D eigenvalue weighted by Crippen LogP contribution is -2.30. The van der Waals surface area contributed by atoms with E-state index >= 15 is 0 Å². The van der Waals surface area contributed by atoms with Crippen molar-refractivity contribution in [1.29, 1.82) is 0 Å². The summed E-state index contributed by atoms with van der Waals surface area (Å²) in [4.78, 5) is 28.6. The monoisotopic (exact) mass is 540 g/mol. The van der Waals surface area contributed by atoms with Crippen molar-refractivity contribution in [3.63, 3.8) is 0 Å². The minimum absolute atomic E-state index is 0. The van der Waals surface area contributed by atoms with Gasteiger partial charge in [-0.05, 0) is 38.1 Å². The Hall–Kier alpha value is -2.92. The molecule has 1 fully saturated rings. The third-order valence-corrected chi connectivity index (χ3v) is 6.67. The van der Waals surface area contributed by atoms with Crippen LogP contribution in [0.5, 0.6) is 17.2 Å². The number of likely N-dealkylation sites (tertiary alicyclic amines) is 1. The van der Waals surface area contributed by atoms with Crippen molar-refractivity contribution in [2.45, 2.75) is 25.8 Å². The van der Waals surface area contributed by atoms with Crippen molar-refractivity contribution in [3.8, 4) is 28.5 Å². The van der Waals surface area contributed by atoms with Gasteiger partial charge in [-0.1, -0.05) is 0 Å². The number of halogens is 2. The molecule has 0 unspecified atom stereocenters. The van der Waals surface area contributed by atoms with Crippen molar-refractivity contribution < 1.29 is 24.5 Å². The molecule has 4 heterocycles. The predicted octanol–water partition coefficient (Wildman–Crippen LogP) is 3.26. The summed E-state index contributed by atoms with van der Waals surface area (Å²) in [5, 5.41) is 24.0. The predicted molar refractivity (Wildman–Crippen MR) is 140 cm³/mol. The first-order valence-electron chi connectivity index (χ1n) is 11.5. The van der Waals surface area contributed by atoms with E-state index in [1.54, 1.807) is 0 Å². The maximum atomic E-state index is 12.5. The lowest BCUT2D eigenvalue weighted by atomic mass is 10.0. The molecule has 0 amide bonds. The van der Waals surface area contributed by atoms with Crippen LogP contribution in [-0.2, 0) is 20.0 Å². The Balaban J connectivity index is 0.00000180. The first-order valence-corrected chi connectivity index (χ1v) is 11.5. The zero-order valence-electron chi connectivity index (χ0n) is 19.8. The molecule has 0 aliphatic carbocycles. The summed E-state index contributed by atoms with van der Waals surface area (Å²) in [5.74, 6) is -0.519.